The molecule has 1 atom stereocenters. The Morgan fingerprint density at radius 1 is 1.21 bits per heavy atom. The first kappa shape index (κ1) is 29.2. The van der Waals surface area contributed by atoms with E-state index < -0.39 is 17.8 Å². The zero-order valence-electron chi connectivity index (χ0n) is 22.4. The summed E-state index contributed by atoms with van der Waals surface area (Å²) in [5.74, 6) is -0.929. The molecule has 0 spiro atoms. The maximum Gasteiger partial charge on any atom is 0.174 e. The molecule has 0 aromatic carbocycles. The van der Waals surface area contributed by atoms with E-state index in [-0.39, 0.29) is 24.4 Å². The molecule has 1 aliphatic carbocycles. The van der Waals surface area contributed by atoms with Crippen molar-refractivity contribution in [1.82, 2.24) is 5.32 Å². The molecular formula is C30H37F2N3O3. The third-order valence-electron chi connectivity index (χ3n) is 6.09. The Bertz CT molecular complexity index is 1150. The van der Waals surface area contributed by atoms with Crippen LogP contribution in [0, 0.1) is 0 Å². The van der Waals surface area contributed by atoms with Crippen molar-refractivity contribution < 1.29 is 23.0 Å². The second-order valence-electron chi connectivity index (χ2n) is 8.86. The van der Waals surface area contributed by atoms with Gasteiger partial charge in [-0.2, -0.15) is 4.39 Å². The fourth-order valence-electron chi connectivity index (χ4n) is 4.18. The number of amidine groups is 1. The van der Waals surface area contributed by atoms with Gasteiger partial charge in [0, 0.05) is 52.6 Å². The van der Waals surface area contributed by atoms with E-state index in [0.717, 1.165) is 23.1 Å². The minimum absolute atomic E-state index is 0.00202. The third kappa shape index (κ3) is 8.62. The van der Waals surface area contributed by atoms with E-state index in [4.69, 9.17) is 14.2 Å². The molecule has 0 aromatic heterocycles. The lowest BCUT2D eigenvalue weighted by Gasteiger charge is -2.22. The highest BCUT2D eigenvalue weighted by atomic mass is 19.1. The zero-order valence-corrected chi connectivity index (χ0v) is 22.4. The van der Waals surface area contributed by atoms with Crippen molar-refractivity contribution in [3.63, 3.8) is 0 Å². The van der Waals surface area contributed by atoms with Crippen molar-refractivity contribution in [3.8, 4) is 0 Å². The molecule has 3 aliphatic rings. The van der Waals surface area contributed by atoms with Gasteiger partial charge in [0.25, 0.3) is 0 Å². The Hall–Kier alpha value is -3.32. The Balaban J connectivity index is 1.85. The summed E-state index contributed by atoms with van der Waals surface area (Å²) in [4.78, 5) is 8.98. The van der Waals surface area contributed by atoms with Crippen LogP contribution in [0.5, 0.6) is 0 Å². The standard InChI is InChI=1S/C30H37F2N3O3/c1-4-34-30-24(14-13-23(21-35-30)18-22-10-7-8-15-33-20-22)19-27(37-3)28-25(31)11-5-6-12-26(29(28)32)38-17-9-16-36-2/h5,7-8,10,12,14,20-21,27H,4,6,9,13,15-19H2,1-3H3,(H,34,35)/b26-12+,29-28-. The van der Waals surface area contributed by atoms with Crippen LogP contribution in [-0.4, -0.2) is 58.7 Å². The molecule has 0 bridgehead atoms. The van der Waals surface area contributed by atoms with Crippen molar-refractivity contribution in [2.24, 2.45) is 9.98 Å². The number of rotatable bonds is 12. The first-order chi connectivity index (χ1) is 18.6. The van der Waals surface area contributed by atoms with Crippen LogP contribution in [0.1, 0.15) is 39.0 Å². The van der Waals surface area contributed by atoms with Crippen LogP contribution in [-0.2, 0) is 14.2 Å². The minimum Gasteiger partial charge on any atom is -0.491 e. The van der Waals surface area contributed by atoms with Gasteiger partial charge in [0.15, 0.2) is 17.4 Å². The monoisotopic (exact) mass is 525 g/mol. The largest absolute Gasteiger partial charge is 0.491 e. The van der Waals surface area contributed by atoms with Crippen LogP contribution in [0.2, 0.25) is 0 Å². The molecule has 38 heavy (non-hydrogen) atoms. The van der Waals surface area contributed by atoms with E-state index >= 15 is 8.78 Å². The van der Waals surface area contributed by atoms with Crippen molar-refractivity contribution in [1.29, 1.82) is 0 Å². The summed E-state index contributed by atoms with van der Waals surface area (Å²) in [6.07, 6.45) is 16.7. The second-order valence-corrected chi connectivity index (χ2v) is 8.86. The molecule has 0 aromatic rings. The number of nitrogens with zero attached hydrogens (tertiary/aromatic N) is 2. The Morgan fingerprint density at radius 3 is 2.87 bits per heavy atom. The topological polar surface area (TPSA) is 64.4 Å². The van der Waals surface area contributed by atoms with E-state index in [1.807, 2.05) is 37.6 Å². The number of aliphatic imine (C=N–C) groups is 2. The SMILES string of the molecule is CCN=C1NC=C(CC2=CC=CCN=C2)CC=C1CC(OC)/C1=C(F)/C(OCCCOC)=C\CC=C=C1F. The van der Waals surface area contributed by atoms with E-state index in [9.17, 15) is 0 Å². The van der Waals surface area contributed by atoms with Crippen molar-refractivity contribution in [3.05, 3.63) is 88.1 Å². The van der Waals surface area contributed by atoms with Crippen LogP contribution in [0.4, 0.5) is 8.78 Å². The van der Waals surface area contributed by atoms with Gasteiger partial charge in [-0.1, -0.05) is 30.0 Å². The number of hydrogen-bond acceptors (Lipinski definition) is 5. The normalized spacial score (nSPS) is 23.1. The average Bonchev–Trinajstić information content (AvgIpc) is 3.28. The lowest BCUT2D eigenvalue weighted by molar-refractivity contribution is 0.124. The predicted octanol–water partition coefficient (Wildman–Crippen LogP) is 6.14. The van der Waals surface area contributed by atoms with Crippen LogP contribution < -0.4 is 5.32 Å². The summed E-state index contributed by atoms with van der Waals surface area (Å²) in [6.45, 7) is 3.91. The van der Waals surface area contributed by atoms with Gasteiger partial charge in [0.05, 0.1) is 24.8 Å². The number of allylic oxidation sites excluding steroid dienone is 7. The van der Waals surface area contributed by atoms with Crippen LogP contribution >= 0.6 is 0 Å². The van der Waals surface area contributed by atoms with Crippen molar-refractivity contribution >= 4 is 12.1 Å². The highest BCUT2D eigenvalue weighted by Gasteiger charge is 2.28. The first-order valence-electron chi connectivity index (χ1n) is 13.0. The van der Waals surface area contributed by atoms with Crippen molar-refractivity contribution in [2.45, 2.75) is 45.1 Å². The molecular weight excluding hydrogens is 488 g/mol. The summed E-state index contributed by atoms with van der Waals surface area (Å²) in [5.41, 5.74) is 5.40. The number of methoxy groups -OCH3 is 2. The molecule has 2 heterocycles. The maximum atomic E-state index is 15.7. The molecule has 0 radical (unpaired) electrons. The van der Waals surface area contributed by atoms with Gasteiger partial charge in [-0.3, -0.25) is 9.98 Å². The maximum absolute atomic E-state index is 15.7. The number of halogens is 2. The molecule has 0 amide bonds. The summed E-state index contributed by atoms with van der Waals surface area (Å²) in [6, 6.07) is 0. The molecule has 1 unspecified atom stereocenters. The Morgan fingerprint density at radius 2 is 2.08 bits per heavy atom. The van der Waals surface area contributed by atoms with Gasteiger partial charge in [-0.05, 0) is 55.1 Å². The molecule has 1 N–H and O–H groups in total. The van der Waals surface area contributed by atoms with Gasteiger partial charge in [-0.25, -0.2) is 4.39 Å². The fraction of sp³-hybridized carbons (Fsp3) is 0.433. The van der Waals surface area contributed by atoms with Crippen molar-refractivity contribution in [2.75, 3.05) is 40.5 Å². The highest BCUT2D eigenvalue weighted by Crippen LogP contribution is 2.33. The molecule has 3 rings (SSSR count). The Kier molecular flexibility index (Phi) is 12.2. The highest BCUT2D eigenvalue weighted by molar-refractivity contribution is 5.99. The molecule has 0 fully saturated rings. The van der Waals surface area contributed by atoms with E-state index in [0.29, 0.717) is 44.8 Å². The van der Waals surface area contributed by atoms with E-state index in [2.05, 4.69) is 27.1 Å². The summed E-state index contributed by atoms with van der Waals surface area (Å²) in [7, 11) is 3.04. The van der Waals surface area contributed by atoms with Crippen LogP contribution in [0.15, 0.2) is 98.1 Å². The second kappa shape index (κ2) is 15.8. The zero-order chi connectivity index (χ0) is 27.2. The molecule has 0 saturated heterocycles. The fourth-order valence-corrected chi connectivity index (χ4v) is 4.18. The molecule has 6 nitrogen and oxygen atoms in total. The minimum atomic E-state index is -0.918. The van der Waals surface area contributed by atoms with Gasteiger partial charge in [-0.15, -0.1) is 0 Å². The summed E-state index contributed by atoms with van der Waals surface area (Å²) in [5, 5.41) is 3.31. The lowest BCUT2D eigenvalue weighted by atomic mass is 9.96. The van der Waals surface area contributed by atoms with Gasteiger partial charge in [0.2, 0.25) is 0 Å². The molecule has 204 valence electrons. The molecule has 0 saturated carbocycles. The smallest absolute Gasteiger partial charge is 0.174 e. The van der Waals surface area contributed by atoms with Gasteiger partial charge < -0.3 is 19.5 Å². The van der Waals surface area contributed by atoms with Crippen LogP contribution in [0.25, 0.3) is 0 Å². The van der Waals surface area contributed by atoms with E-state index in [1.54, 1.807) is 13.2 Å². The lowest BCUT2D eigenvalue weighted by Crippen LogP contribution is -2.25. The number of nitrogens with one attached hydrogen (secondary N) is 1. The third-order valence-corrected chi connectivity index (χ3v) is 6.09. The molecule has 8 heteroatoms. The average molecular weight is 526 g/mol. The summed E-state index contributed by atoms with van der Waals surface area (Å²) >= 11 is 0. The predicted molar refractivity (Wildman–Crippen MR) is 148 cm³/mol. The quantitative estimate of drug-likeness (QED) is 0.245. The number of ether oxygens (including phenoxy) is 3. The van der Waals surface area contributed by atoms with Gasteiger partial charge >= 0.3 is 0 Å². The summed E-state index contributed by atoms with van der Waals surface area (Å²) < 4.78 is 47.3. The molecule has 2 aliphatic heterocycles. The first-order valence-corrected chi connectivity index (χ1v) is 13.0. The number of hydrogen-bond donors (Lipinski definition) is 1. The Labute approximate surface area is 224 Å². The van der Waals surface area contributed by atoms with E-state index in [1.165, 1.54) is 13.2 Å². The van der Waals surface area contributed by atoms with Gasteiger partial charge in [0.1, 0.15) is 5.84 Å². The van der Waals surface area contributed by atoms with Crippen LogP contribution in [0.3, 0.4) is 0 Å².